The van der Waals surface area contributed by atoms with Gasteiger partial charge in [0.05, 0.1) is 17.8 Å². The molecule has 1 amide bonds. The Morgan fingerprint density at radius 1 is 1.46 bits per heavy atom. The molecule has 1 fully saturated rings. The first-order valence-electron chi connectivity index (χ1n) is 8.91. The average molecular weight is 358 g/mol. The molecule has 1 aliphatic rings. The number of hydrogen-bond acceptors (Lipinski definition) is 6. The molecular formula is C18H26N6O2. The van der Waals surface area contributed by atoms with Crippen LogP contribution >= 0.6 is 0 Å². The monoisotopic (exact) mass is 358 g/mol. The molecule has 0 radical (unpaired) electrons. The van der Waals surface area contributed by atoms with Crippen molar-refractivity contribution >= 4 is 11.7 Å². The predicted molar refractivity (Wildman–Crippen MR) is 98.0 cm³/mol. The summed E-state index contributed by atoms with van der Waals surface area (Å²) in [6, 6.07) is 2.05. The van der Waals surface area contributed by atoms with Crippen molar-refractivity contribution in [2.45, 2.75) is 45.3 Å². The number of rotatable bonds is 7. The number of methoxy groups -OCH3 is 1. The van der Waals surface area contributed by atoms with Crippen LogP contribution in [0.1, 0.15) is 29.8 Å². The third kappa shape index (κ3) is 4.19. The first-order valence-corrected chi connectivity index (χ1v) is 8.91. The number of carbonyl (C=O) groups is 1. The van der Waals surface area contributed by atoms with Crippen LogP contribution in [0.15, 0.2) is 18.6 Å². The second kappa shape index (κ2) is 8.27. The van der Waals surface area contributed by atoms with Gasteiger partial charge in [0, 0.05) is 38.5 Å². The van der Waals surface area contributed by atoms with E-state index >= 15 is 0 Å². The zero-order valence-corrected chi connectivity index (χ0v) is 15.5. The lowest BCUT2D eigenvalue weighted by Crippen LogP contribution is -2.40. The number of amides is 1. The summed E-state index contributed by atoms with van der Waals surface area (Å²) < 4.78 is 5.51. The number of anilines is 1. The Labute approximate surface area is 153 Å². The molecule has 1 aliphatic heterocycles. The van der Waals surface area contributed by atoms with Crippen molar-refractivity contribution < 1.29 is 9.53 Å². The highest BCUT2D eigenvalue weighted by atomic mass is 16.5. The summed E-state index contributed by atoms with van der Waals surface area (Å²) in [6.45, 7) is 5.28. The van der Waals surface area contributed by atoms with E-state index in [0.717, 1.165) is 35.7 Å². The maximum Gasteiger partial charge on any atom is 0.220 e. The first-order chi connectivity index (χ1) is 12.6. The molecule has 2 aromatic rings. The highest BCUT2D eigenvalue weighted by Gasteiger charge is 2.33. The van der Waals surface area contributed by atoms with Gasteiger partial charge in [0.1, 0.15) is 12.1 Å². The number of carbonyl (C=O) groups excluding carboxylic acids is 1. The van der Waals surface area contributed by atoms with Crippen LogP contribution in [-0.4, -0.2) is 58.4 Å². The molecule has 0 saturated carbocycles. The van der Waals surface area contributed by atoms with Gasteiger partial charge in [-0.3, -0.25) is 9.89 Å². The Kier molecular flexibility index (Phi) is 5.82. The smallest absolute Gasteiger partial charge is 0.220 e. The van der Waals surface area contributed by atoms with E-state index in [0.29, 0.717) is 19.4 Å². The SMILES string of the molecule is CO[C@@H]1C[C@H](CNC(=O)CCc2c(C)n[nH]c2C)N(c2ccncn2)C1. The van der Waals surface area contributed by atoms with Crippen molar-refractivity contribution in [3.63, 3.8) is 0 Å². The van der Waals surface area contributed by atoms with Crippen molar-refractivity contribution in [1.29, 1.82) is 0 Å². The van der Waals surface area contributed by atoms with Crippen LogP contribution in [0, 0.1) is 13.8 Å². The normalized spacial score (nSPS) is 19.7. The number of hydrogen-bond donors (Lipinski definition) is 2. The van der Waals surface area contributed by atoms with Crippen LogP contribution in [0.3, 0.4) is 0 Å². The van der Waals surface area contributed by atoms with Gasteiger partial charge in [-0.15, -0.1) is 0 Å². The van der Waals surface area contributed by atoms with E-state index < -0.39 is 0 Å². The van der Waals surface area contributed by atoms with Crippen LogP contribution in [0.25, 0.3) is 0 Å². The molecule has 3 heterocycles. The molecular weight excluding hydrogens is 332 g/mol. The molecule has 8 heteroatoms. The fraction of sp³-hybridized carbons (Fsp3) is 0.556. The maximum atomic E-state index is 12.3. The summed E-state index contributed by atoms with van der Waals surface area (Å²) in [5, 5.41) is 10.2. The molecule has 0 unspecified atom stereocenters. The molecule has 1 saturated heterocycles. The van der Waals surface area contributed by atoms with Crippen molar-refractivity contribution in [2.24, 2.45) is 0 Å². The molecule has 0 bridgehead atoms. The van der Waals surface area contributed by atoms with Gasteiger partial charge in [0.15, 0.2) is 0 Å². The van der Waals surface area contributed by atoms with Gasteiger partial charge in [0.25, 0.3) is 0 Å². The van der Waals surface area contributed by atoms with Crippen LogP contribution < -0.4 is 10.2 Å². The largest absolute Gasteiger partial charge is 0.380 e. The van der Waals surface area contributed by atoms with E-state index in [9.17, 15) is 4.79 Å². The average Bonchev–Trinajstić information content (AvgIpc) is 3.22. The highest BCUT2D eigenvalue weighted by Crippen LogP contribution is 2.24. The van der Waals surface area contributed by atoms with Gasteiger partial charge in [0.2, 0.25) is 5.91 Å². The van der Waals surface area contributed by atoms with Crippen LogP contribution in [-0.2, 0) is 16.0 Å². The summed E-state index contributed by atoms with van der Waals surface area (Å²) in [5.74, 6) is 0.914. The summed E-state index contributed by atoms with van der Waals surface area (Å²) in [7, 11) is 1.72. The lowest BCUT2D eigenvalue weighted by molar-refractivity contribution is -0.121. The number of nitrogens with zero attached hydrogens (tertiary/aromatic N) is 4. The van der Waals surface area contributed by atoms with Crippen molar-refractivity contribution in [3.8, 4) is 0 Å². The number of aryl methyl sites for hydroxylation is 2. The van der Waals surface area contributed by atoms with Crippen LogP contribution in [0.2, 0.25) is 0 Å². The Hall–Kier alpha value is -2.48. The Bertz CT molecular complexity index is 713. The minimum absolute atomic E-state index is 0.0495. The third-order valence-corrected chi connectivity index (χ3v) is 4.99. The van der Waals surface area contributed by atoms with Gasteiger partial charge in [-0.25, -0.2) is 9.97 Å². The van der Waals surface area contributed by atoms with Crippen LogP contribution in [0.5, 0.6) is 0 Å². The maximum absolute atomic E-state index is 12.3. The molecule has 8 nitrogen and oxygen atoms in total. The van der Waals surface area contributed by atoms with E-state index in [4.69, 9.17) is 4.74 Å². The minimum atomic E-state index is 0.0495. The van der Waals surface area contributed by atoms with Gasteiger partial charge in [-0.1, -0.05) is 0 Å². The Morgan fingerprint density at radius 3 is 2.96 bits per heavy atom. The summed E-state index contributed by atoms with van der Waals surface area (Å²) in [5.41, 5.74) is 3.12. The minimum Gasteiger partial charge on any atom is -0.380 e. The molecule has 2 aromatic heterocycles. The lowest BCUT2D eigenvalue weighted by atomic mass is 10.1. The molecule has 0 aliphatic carbocycles. The number of ether oxygens (including phenoxy) is 1. The second-order valence-electron chi connectivity index (χ2n) is 6.68. The fourth-order valence-corrected chi connectivity index (χ4v) is 3.47. The standard InChI is InChI=1S/C18H26N6O2/c1-12-16(13(2)23-22-12)4-5-18(25)20-9-14-8-15(26-3)10-24(14)17-6-7-19-11-21-17/h6-7,11,14-15H,4-5,8-10H2,1-3H3,(H,20,25)(H,22,23)/t14-,15-/m1/s1. The van der Waals surface area contributed by atoms with Crippen molar-refractivity contribution in [2.75, 3.05) is 25.1 Å². The number of nitrogens with one attached hydrogen (secondary N) is 2. The van der Waals surface area contributed by atoms with Gasteiger partial charge in [-0.2, -0.15) is 5.10 Å². The van der Waals surface area contributed by atoms with Gasteiger partial charge < -0.3 is 15.0 Å². The van der Waals surface area contributed by atoms with E-state index in [-0.39, 0.29) is 18.1 Å². The number of H-pyrrole nitrogens is 1. The quantitative estimate of drug-likeness (QED) is 0.771. The fourth-order valence-electron chi connectivity index (χ4n) is 3.47. The molecule has 0 spiro atoms. The number of aromatic amines is 1. The zero-order chi connectivity index (χ0) is 18.5. The van der Waals surface area contributed by atoms with Crippen molar-refractivity contribution in [3.05, 3.63) is 35.5 Å². The molecule has 26 heavy (non-hydrogen) atoms. The topological polar surface area (TPSA) is 96.0 Å². The Balaban J connectivity index is 1.54. The number of aromatic nitrogens is 4. The molecule has 0 aromatic carbocycles. The lowest BCUT2D eigenvalue weighted by Gasteiger charge is -2.25. The first kappa shape index (κ1) is 18.3. The molecule has 3 rings (SSSR count). The Morgan fingerprint density at radius 2 is 2.31 bits per heavy atom. The van der Waals surface area contributed by atoms with Gasteiger partial charge in [-0.05, 0) is 38.3 Å². The van der Waals surface area contributed by atoms with E-state index in [1.54, 1.807) is 19.6 Å². The van der Waals surface area contributed by atoms with Gasteiger partial charge >= 0.3 is 0 Å². The molecule has 2 N–H and O–H groups in total. The van der Waals surface area contributed by atoms with E-state index in [1.807, 2.05) is 19.9 Å². The molecule has 140 valence electrons. The van der Waals surface area contributed by atoms with E-state index in [1.165, 1.54) is 0 Å². The zero-order valence-electron chi connectivity index (χ0n) is 15.5. The van der Waals surface area contributed by atoms with E-state index in [2.05, 4.69) is 30.4 Å². The predicted octanol–water partition coefficient (Wildman–Crippen LogP) is 1.16. The second-order valence-corrected chi connectivity index (χ2v) is 6.68. The molecule has 2 atom stereocenters. The third-order valence-electron chi connectivity index (χ3n) is 4.99. The van der Waals surface area contributed by atoms with Crippen LogP contribution in [0.4, 0.5) is 5.82 Å². The summed E-state index contributed by atoms with van der Waals surface area (Å²) >= 11 is 0. The highest BCUT2D eigenvalue weighted by molar-refractivity contribution is 5.76. The summed E-state index contributed by atoms with van der Waals surface area (Å²) in [6.07, 6.45) is 5.42. The van der Waals surface area contributed by atoms with Crippen molar-refractivity contribution in [1.82, 2.24) is 25.5 Å². The summed E-state index contributed by atoms with van der Waals surface area (Å²) in [4.78, 5) is 22.8.